The zero-order valence-electron chi connectivity index (χ0n) is 17.5. The summed E-state index contributed by atoms with van der Waals surface area (Å²) in [6.45, 7) is 6.76. The maximum absolute atomic E-state index is 12.5. The smallest absolute Gasteiger partial charge is 0.270 e. The van der Waals surface area contributed by atoms with Crippen LogP contribution in [0.25, 0.3) is 0 Å². The van der Waals surface area contributed by atoms with Crippen molar-refractivity contribution in [1.82, 2.24) is 15.8 Å². The third kappa shape index (κ3) is 5.02. The second kappa shape index (κ2) is 9.62. The lowest BCUT2D eigenvalue weighted by Gasteiger charge is -2.36. The number of nitrogens with zero attached hydrogens (tertiary/aromatic N) is 2. The van der Waals surface area contributed by atoms with E-state index in [1.54, 1.807) is 11.3 Å². The summed E-state index contributed by atoms with van der Waals surface area (Å²) >= 11 is 1.66. The molecule has 0 unspecified atom stereocenters. The first-order valence-corrected chi connectivity index (χ1v) is 11.7. The number of amides is 2. The highest BCUT2D eigenvalue weighted by Gasteiger charge is 2.23. The molecule has 2 heterocycles. The molecule has 1 atom stereocenters. The second-order valence-electron chi connectivity index (χ2n) is 8.32. The minimum atomic E-state index is -0.202. The van der Waals surface area contributed by atoms with Crippen molar-refractivity contribution in [2.24, 2.45) is 5.92 Å². The predicted octanol–water partition coefficient (Wildman–Crippen LogP) is 2.85. The van der Waals surface area contributed by atoms with Gasteiger partial charge in [0.2, 0.25) is 5.91 Å². The van der Waals surface area contributed by atoms with Gasteiger partial charge in [0.1, 0.15) is 0 Å². The SMILES string of the molecule is C[C@H]1CCc2c(C(=O)NNC(=O)CCN3CCN(c4ccccc4)CC3)csc2C1. The predicted molar refractivity (Wildman–Crippen MR) is 121 cm³/mol. The number of hydrogen-bond donors (Lipinski definition) is 2. The number of fused-ring (bicyclic) bond motifs is 1. The molecule has 1 aliphatic carbocycles. The topological polar surface area (TPSA) is 64.7 Å². The Morgan fingerprint density at radius 3 is 2.63 bits per heavy atom. The molecule has 1 aliphatic heterocycles. The molecule has 1 saturated heterocycles. The van der Waals surface area contributed by atoms with Gasteiger partial charge in [-0.3, -0.25) is 25.3 Å². The van der Waals surface area contributed by atoms with E-state index < -0.39 is 0 Å². The molecule has 2 aliphatic rings. The molecule has 1 fully saturated rings. The zero-order chi connectivity index (χ0) is 20.9. The number of benzene rings is 1. The largest absolute Gasteiger partial charge is 0.369 e. The van der Waals surface area contributed by atoms with E-state index in [1.165, 1.54) is 16.1 Å². The molecule has 0 bridgehead atoms. The lowest BCUT2D eigenvalue weighted by Crippen LogP contribution is -2.48. The number of carbonyl (C=O) groups is 2. The molecule has 2 N–H and O–H groups in total. The van der Waals surface area contributed by atoms with E-state index >= 15 is 0 Å². The van der Waals surface area contributed by atoms with Gasteiger partial charge in [-0.1, -0.05) is 25.1 Å². The van der Waals surface area contributed by atoms with Crippen LogP contribution in [0.15, 0.2) is 35.7 Å². The van der Waals surface area contributed by atoms with Crippen molar-refractivity contribution in [3.63, 3.8) is 0 Å². The first kappa shape index (κ1) is 20.9. The van der Waals surface area contributed by atoms with Crippen LogP contribution in [0.3, 0.4) is 0 Å². The van der Waals surface area contributed by atoms with Crippen LogP contribution in [-0.4, -0.2) is 49.4 Å². The fraction of sp³-hybridized carbons (Fsp3) is 0.478. The van der Waals surface area contributed by atoms with Gasteiger partial charge in [-0.05, 0) is 42.9 Å². The Morgan fingerprint density at radius 1 is 1.10 bits per heavy atom. The zero-order valence-corrected chi connectivity index (χ0v) is 18.3. The van der Waals surface area contributed by atoms with Crippen LogP contribution >= 0.6 is 11.3 Å². The minimum Gasteiger partial charge on any atom is -0.369 e. The van der Waals surface area contributed by atoms with Crippen molar-refractivity contribution in [1.29, 1.82) is 0 Å². The van der Waals surface area contributed by atoms with Gasteiger partial charge in [0, 0.05) is 55.1 Å². The number of anilines is 1. The lowest BCUT2D eigenvalue weighted by atomic mass is 9.88. The summed E-state index contributed by atoms with van der Waals surface area (Å²) in [4.78, 5) is 30.7. The molecule has 1 aromatic carbocycles. The Hall–Kier alpha value is -2.38. The first-order chi connectivity index (χ1) is 14.6. The minimum absolute atomic E-state index is 0.147. The highest BCUT2D eigenvalue weighted by Crippen LogP contribution is 2.32. The van der Waals surface area contributed by atoms with Crippen LogP contribution in [0.5, 0.6) is 0 Å². The summed E-state index contributed by atoms with van der Waals surface area (Å²) in [5.41, 5.74) is 8.34. The number of nitrogens with one attached hydrogen (secondary N) is 2. The standard InChI is InChI=1S/C23H30N4O2S/c1-17-7-8-19-20(16-30-21(19)15-17)23(29)25-24-22(28)9-10-26-11-13-27(14-12-26)18-5-3-2-4-6-18/h2-6,16-17H,7-15H2,1H3,(H,24,28)(H,25,29)/t17-/m0/s1. The Labute approximate surface area is 182 Å². The van der Waals surface area contributed by atoms with Gasteiger partial charge in [0.25, 0.3) is 5.91 Å². The van der Waals surface area contributed by atoms with E-state index in [1.807, 2.05) is 11.4 Å². The Bertz CT molecular complexity index is 875. The third-order valence-electron chi connectivity index (χ3n) is 6.11. The van der Waals surface area contributed by atoms with Crippen LogP contribution in [0.4, 0.5) is 5.69 Å². The second-order valence-corrected chi connectivity index (χ2v) is 9.28. The average molecular weight is 427 g/mol. The van der Waals surface area contributed by atoms with E-state index in [0.29, 0.717) is 18.9 Å². The molecular weight excluding hydrogens is 396 g/mol. The van der Waals surface area contributed by atoms with Crippen LogP contribution in [0.1, 0.15) is 40.6 Å². The Kier molecular flexibility index (Phi) is 6.69. The summed E-state index contributed by atoms with van der Waals surface area (Å²) < 4.78 is 0. The van der Waals surface area contributed by atoms with E-state index in [-0.39, 0.29) is 11.8 Å². The van der Waals surface area contributed by atoms with E-state index in [2.05, 4.69) is 51.8 Å². The van der Waals surface area contributed by atoms with Crippen molar-refractivity contribution in [2.45, 2.75) is 32.6 Å². The van der Waals surface area contributed by atoms with Gasteiger partial charge in [-0.25, -0.2) is 0 Å². The maximum Gasteiger partial charge on any atom is 0.270 e. The van der Waals surface area contributed by atoms with E-state index in [4.69, 9.17) is 0 Å². The fourth-order valence-electron chi connectivity index (χ4n) is 4.25. The Balaban J connectivity index is 1.18. The number of para-hydroxylation sites is 1. The highest BCUT2D eigenvalue weighted by atomic mass is 32.1. The van der Waals surface area contributed by atoms with Crippen molar-refractivity contribution in [3.8, 4) is 0 Å². The van der Waals surface area contributed by atoms with Gasteiger partial charge in [0.15, 0.2) is 0 Å². The van der Waals surface area contributed by atoms with Crippen LogP contribution in [0.2, 0.25) is 0 Å². The molecule has 0 radical (unpaired) electrons. The van der Waals surface area contributed by atoms with Crippen LogP contribution in [-0.2, 0) is 17.6 Å². The number of rotatable bonds is 5. The van der Waals surface area contributed by atoms with Gasteiger partial charge in [0.05, 0.1) is 5.56 Å². The normalized spacial score (nSPS) is 19.2. The highest BCUT2D eigenvalue weighted by molar-refractivity contribution is 7.10. The number of carbonyl (C=O) groups excluding carboxylic acids is 2. The molecule has 7 heteroatoms. The first-order valence-electron chi connectivity index (χ1n) is 10.8. The molecule has 160 valence electrons. The third-order valence-corrected chi connectivity index (χ3v) is 7.16. The van der Waals surface area contributed by atoms with Crippen molar-refractivity contribution >= 4 is 28.8 Å². The van der Waals surface area contributed by atoms with Crippen LogP contribution in [0, 0.1) is 5.92 Å². The molecule has 2 aromatic rings. The quantitative estimate of drug-likeness (QED) is 0.722. The molecular formula is C23H30N4O2S. The summed E-state index contributed by atoms with van der Waals surface area (Å²) in [5.74, 6) is 0.333. The molecule has 6 nitrogen and oxygen atoms in total. The van der Waals surface area contributed by atoms with Crippen molar-refractivity contribution in [3.05, 3.63) is 51.7 Å². The molecule has 30 heavy (non-hydrogen) atoms. The Morgan fingerprint density at radius 2 is 1.87 bits per heavy atom. The van der Waals surface area contributed by atoms with E-state index in [9.17, 15) is 9.59 Å². The van der Waals surface area contributed by atoms with Gasteiger partial charge in [-0.15, -0.1) is 11.3 Å². The summed E-state index contributed by atoms with van der Waals surface area (Å²) in [6.07, 6.45) is 3.50. The number of hydrazine groups is 1. The van der Waals surface area contributed by atoms with Crippen LogP contribution < -0.4 is 15.8 Å². The number of piperazine rings is 1. The monoisotopic (exact) mass is 426 g/mol. The van der Waals surface area contributed by atoms with Crippen molar-refractivity contribution in [2.75, 3.05) is 37.6 Å². The summed E-state index contributed by atoms with van der Waals surface area (Å²) in [6, 6.07) is 10.4. The fourth-order valence-corrected chi connectivity index (χ4v) is 5.50. The molecule has 0 saturated carbocycles. The van der Waals surface area contributed by atoms with Gasteiger partial charge < -0.3 is 4.90 Å². The summed E-state index contributed by atoms with van der Waals surface area (Å²) in [7, 11) is 0. The lowest BCUT2D eigenvalue weighted by molar-refractivity contribution is -0.122. The van der Waals surface area contributed by atoms with Crippen molar-refractivity contribution < 1.29 is 9.59 Å². The average Bonchev–Trinajstić information content (AvgIpc) is 3.20. The van der Waals surface area contributed by atoms with Gasteiger partial charge >= 0.3 is 0 Å². The summed E-state index contributed by atoms with van der Waals surface area (Å²) in [5, 5.41) is 1.93. The van der Waals surface area contributed by atoms with Gasteiger partial charge in [-0.2, -0.15) is 0 Å². The molecule has 1 aromatic heterocycles. The van der Waals surface area contributed by atoms with E-state index in [0.717, 1.165) is 51.0 Å². The number of thiophene rings is 1. The molecule has 4 rings (SSSR count). The number of hydrogen-bond acceptors (Lipinski definition) is 5. The molecule has 2 amide bonds. The maximum atomic E-state index is 12.5. The molecule has 0 spiro atoms.